The molecule has 0 amide bonds. The Kier molecular flexibility index (Phi) is 3.52. The minimum atomic E-state index is 0.371. The molecule has 1 rings (SSSR count). The number of aryl methyl sites for hydroxylation is 1. The van der Waals surface area contributed by atoms with E-state index >= 15 is 0 Å². The van der Waals surface area contributed by atoms with E-state index in [1.165, 1.54) is 5.56 Å². The fourth-order valence-corrected chi connectivity index (χ4v) is 1.40. The third-order valence-corrected chi connectivity index (χ3v) is 3.80. The summed E-state index contributed by atoms with van der Waals surface area (Å²) in [6.07, 6.45) is 1.90. The van der Waals surface area contributed by atoms with Gasteiger partial charge in [0.15, 0.2) is 0 Å². The van der Waals surface area contributed by atoms with Gasteiger partial charge in [-0.3, -0.25) is 4.98 Å². The molecule has 0 aromatic carbocycles. The number of hydrogen-bond acceptors (Lipinski definition) is 1. The van der Waals surface area contributed by atoms with Gasteiger partial charge in [0.1, 0.15) is 0 Å². The normalized spacial score (nSPS) is 13.0. The summed E-state index contributed by atoms with van der Waals surface area (Å²) >= 11 is 6.92. The van der Waals surface area contributed by atoms with Crippen molar-refractivity contribution < 1.29 is 0 Å². The summed E-state index contributed by atoms with van der Waals surface area (Å²) in [7, 11) is 0. The second-order valence-electron chi connectivity index (χ2n) is 2.35. The predicted molar refractivity (Wildman–Crippen MR) is 54.4 cm³/mol. The first kappa shape index (κ1) is 9.20. The van der Waals surface area contributed by atoms with Gasteiger partial charge >= 0.3 is 0 Å². The molecule has 0 fully saturated rings. The van der Waals surface area contributed by atoms with Crippen molar-refractivity contribution in [1.82, 2.24) is 4.98 Å². The van der Waals surface area contributed by atoms with Crippen molar-refractivity contribution >= 4 is 31.9 Å². The third-order valence-electron chi connectivity index (χ3n) is 1.43. The van der Waals surface area contributed by atoms with Crippen LogP contribution in [-0.4, -0.2) is 10.3 Å². The van der Waals surface area contributed by atoms with E-state index in [1.807, 2.05) is 19.2 Å². The Morgan fingerprint density at radius 1 is 1.55 bits per heavy atom. The van der Waals surface area contributed by atoms with Crippen molar-refractivity contribution in [3.05, 3.63) is 29.6 Å². The Labute approximate surface area is 83.5 Å². The number of rotatable bonds is 2. The smallest absolute Gasteiger partial charge is 0.0507 e. The molecule has 1 aromatic heterocycles. The second-order valence-corrected chi connectivity index (χ2v) is 4.11. The monoisotopic (exact) mass is 277 g/mol. The number of nitrogens with zero attached hydrogens (tertiary/aromatic N) is 1. The first-order chi connectivity index (χ1) is 5.24. The van der Waals surface area contributed by atoms with Crippen molar-refractivity contribution in [3.8, 4) is 0 Å². The molecule has 1 heterocycles. The van der Waals surface area contributed by atoms with Crippen molar-refractivity contribution in [1.29, 1.82) is 0 Å². The van der Waals surface area contributed by atoms with Gasteiger partial charge < -0.3 is 0 Å². The highest BCUT2D eigenvalue weighted by molar-refractivity contribution is 9.12. The zero-order valence-electron chi connectivity index (χ0n) is 6.22. The lowest BCUT2D eigenvalue weighted by Crippen LogP contribution is -1.91. The summed E-state index contributed by atoms with van der Waals surface area (Å²) in [5.41, 5.74) is 2.27. The Bertz CT molecular complexity index is 220. The van der Waals surface area contributed by atoms with Crippen molar-refractivity contribution in [3.63, 3.8) is 0 Å². The van der Waals surface area contributed by atoms with E-state index in [9.17, 15) is 0 Å². The summed E-state index contributed by atoms with van der Waals surface area (Å²) in [5.74, 6) is 0. The minimum absolute atomic E-state index is 0.371. The summed E-state index contributed by atoms with van der Waals surface area (Å²) < 4.78 is 0. The summed E-state index contributed by atoms with van der Waals surface area (Å²) in [4.78, 5) is 4.57. The van der Waals surface area contributed by atoms with E-state index in [4.69, 9.17) is 0 Å². The van der Waals surface area contributed by atoms with E-state index in [2.05, 4.69) is 42.9 Å². The molecule has 3 heteroatoms. The molecular formula is C8H9Br2N. The maximum absolute atomic E-state index is 4.20. The lowest BCUT2D eigenvalue weighted by Gasteiger charge is -2.04. The molecule has 0 spiro atoms. The molecule has 1 unspecified atom stereocenters. The van der Waals surface area contributed by atoms with Crippen molar-refractivity contribution in [2.45, 2.75) is 11.8 Å². The highest BCUT2D eigenvalue weighted by atomic mass is 79.9. The Morgan fingerprint density at radius 2 is 2.27 bits per heavy atom. The molecule has 1 aromatic rings. The van der Waals surface area contributed by atoms with Gasteiger partial charge in [0.2, 0.25) is 0 Å². The largest absolute Gasteiger partial charge is 0.261 e. The SMILES string of the molecule is Cc1ccc(C(Br)CBr)cn1. The van der Waals surface area contributed by atoms with Crippen LogP contribution in [0.1, 0.15) is 16.1 Å². The molecule has 0 radical (unpaired) electrons. The van der Waals surface area contributed by atoms with E-state index < -0.39 is 0 Å². The number of halogens is 2. The molecule has 0 saturated heterocycles. The van der Waals surface area contributed by atoms with Gasteiger partial charge in [0.25, 0.3) is 0 Å². The molecular weight excluding hydrogens is 270 g/mol. The number of aromatic nitrogens is 1. The van der Waals surface area contributed by atoms with E-state index in [0.29, 0.717) is 4.83 Å². The first-order valence-corrected chi connectivity index (χ1v) is 5.40. The topological polar surface area (TPSA) is 12.9 Å². The third kappa shape index (κ3) is 2.56. The molecule has 60 valence electrons. The fourth-order valence-electron chi connectivity index (χ4n) is 0.754. The molecule has 0 aliphatic carbocycles. The van der Waals surface area contributed by atoms with Gasteiger partial charge in [-0.25, -0.2) is 0 Å². The summed E-state index contributed by atoms with van der Waals surface area (Å²) in [6, 6.07) is 4.11. The van der Waals surface area contributed by atoms with E-state index in [1.54, 1.807) is 0 Å². The number of pyridine rings is 1. The standard InChI is InChI=1S/C8H9Br2N/c1-6-2-3-7(5-11-6)8(10)4-9/h2-3,5,8H,4H2,1H3. The summed E-state index contributed by atoms with van der Waals surface area (Å²) in [6.45, 7) is 1.99. The quantitative estimate of drug-likeness (QED) is 0.757. The maximum atomic E-state index is 4.20. The first-order valence-electron chi connectivity index (χ1n) is 3.36. The van der Waals surface area contributed by atoms with Gasteiger partial charge in [0, 0.05) is 17.2 Å². The van der Waals surface area contributed by atoms with Crippen LogP contribution in [0.25, 0.3) is 0 Å². The van der Waals surface area contributed by atoms with Gasteiger partial charge in [-0.15, -0.1) is 0 Å². The molecule has 11 heavy (non-hydrogen) atoms. The van der Waals surface area contributed by atoms with Crippen LogP contribution < -0.4 is 0 Å². The Morgan fingerprint density at radius 3 is 2.73 bits per heavy atom. The predicted octanol–water partition coefficient (Wildman–Crippen LogP) is 3.22. The van der Waals surface area contributed by atoms with Crippen LogP contribution in [0.2, 0.25) is 0 Å². The Hall–Kier alpha value is 0.110. The molecule has 1 atom stereocenters. The second kappa shape index (κ2) is 4.21. The van der Waals surface area contributed by atoms with Crippen LogP contribution in [0.15, 0.2) is 18.3 Å². The van der Waals surface area contributed by atoms with Crippen molar-refractivity contribution in [2.75, 3.05) is 5.33 Å². The molecule has 1 nitrogen and oxygen atoms in total. The van der Waals surface area contributed by atoms with Crippen LogP contribution in [-0.2, 0) is 0 Å². The van der Waals surface area contributed by atoms with Gasteiger partial charge in [-0.2, -0.15) is 0 Å². The Balaban J connectivity index is 2.81. The highest BCUT2D eigenvalue weighted by Crippen LogP contribution is 2.23. The zero-order chi connectivity index (χ0) is 8.27. The molecule has 0 aliphatic rings. The van der Waals surface area contributed by atoms with Gasteiger partial charge in [-0.05, 0) is 18.6 Å². The van der Waals surface area contributed by atoms with Crippen LogP contribution in [0.5, 0.6) is 0 Å². The van der Waals surface area contributed by atoms with Crippen LogP contribution >= 0.6 is 31.9 Å². The van der Waals surface area contributed by atoms with Crippen LogP contribution in [0, 0.1) is 6.92 Å². The fraction of sp³-hybridized carbons (Fsp3) is 0.375. The maximum Gasteiger partial charge on any atom is 0.0507 e. The van der Waals surface area contributed by atoms with Crippen LogP contribution in [0.4, 0.5) is 0 Å². The van der Waals surface area contributed by atoms with E-state index in [0.717, 1.165) is 11.0 Å². The van der Waals surface area contributed by atoms with E-state index in [-0.39, 0.29) is 0 Å². The average Bonchev–Trinajstić information content (AvgIpc) is 2.05. The zero-order valence-corrected chi connectivity index (χ0v) is 9.39. The lowest BCUT2D eigenvalue weighted by atomic mass is 10.2. The molecule has 0 saturated carbocycles. The molecule has 0 aliphatic heterocycles. The molecule has 0 bridgehead atoms. The molecule has 0 N–H and O–H groups in total. The van der Waals surface area contributed by atoms with Gasteiger partial charge in [-0.1, -0.05) is 37.9 Å². The highest BCUT2D eigenvalue weighted by Gasteiger charge is 2.03. The summed E-state index contributed by atoms with van der Waals surface area (Å²) in [5, 5.41) is 0.914. The van der Waals surface area contributed by atoms with Crippen LogP contribution in [0.3, 0.4) is 0 Å². The number of hydrogen-bond donors (Lipinski definition) is 0. The number of alkyl halides is 2. The lowest BCUT2D eigenvalue weighted by molar-refractivity contribution is 1.08. The van der Waals surface area contributed by atoms with Gasteiger partial charge in [0.05, 0.1) is 4.83 Å². The average molecular weight is 279 g/mol. The minimum Gasteiger partial charge on any atom is -0.261 e. The van der Waals surface area contributed by atoms with Crippen molar-refractivity contribution in [2.24, 2.45) is 0 Å².